The molecule has 0 radical (unpaired) electrons. The van der Waals surface area contributed by atoms with Crippen molar-refractivity contribution in [3.63, 3.8) is 0 Å². The van der Waals surface area contributed by atoms with E-state index in [4.69, 9.17) is 0 Å². The predicted octanol–water partition coefficient (Wildman–Crippen LogP) is 1.58. The molecule has 2 N–H and O–H groups in total. The number of hydrogen-bond donors (Lipinski definition) is 2. The van der Waals surface area contributed by atoms with Crippen LogP contribution >= 0.6 is 0 Å². The molecular weight excluding hydrogens is 218 g/mol. The fourth-order valence-electron chi connectivity index (χ4n) is 1.58. The van der Waals surface area contributed by atoms with Gasteiger partial charge in [0, 0.05) is 12.2 Å². The van der Waals surface area contributed by atoms with E-state index >= 15 is 0 Å². The molecule has 0 fully saturated rings. The van der Waals surface area contributed by atoms with Crippen LogP contribution in [0.4, 0.5) is 5.69 Å². The van der Waals surface area contributed by atoms with E-state index in [-0.39, 0.29) is 6.42 Å². The van der Waals surface area contributed by atoms with Crippen molar-refractivity contribution >= 4 is 11.7 Å². The van der Waals surface area contributed by atoms with Gasteiger partial charge in [-0.05, 0) is 18.1 Å². The van der Waals surface area contributed by atoms with Gasteiger partial charge in [-0.3, -0.25) is 4.79 Å². The van der Waals surface area contributed by atoms with E-state index in [1.54, 1.807) is 0 Å². The van der Waals surface area contributed by atoms with E-state index in [0.717, 1.165) is 12.1 Å². The fraction of sp³-hybridized carbons (Fsp3) is 0.462. The van der Waals surface area contributed by atoms with Crippen LogP contribution in [0.1, 0.15) is 18.9 Å². The maximum absolute atomic E-state index is 10.9. The average Bonchev–Trinajstić information content (AvgIpc) is 2.36. The molecule has 0 aliphatic carbocycles. The van der Waals surface area contributed by atoms with Crippen LogP contribution in [-0.4, -0.2) is 30.8 Å². The van der Waals surface area contributed by atoms with Gasteiger partial charge < -0.3 is 15.2 Å². The summed E-state index contributed by atoms with van der Waals surface area (Å²) in [6.07, 6.45) is 0.209. The number of nitrogens with one attached hydrogen (secondary N) is 1. The van der Waals surface area contributed by atoms with Gasteiger partial charge in [-0.1, -0.05) is 25.1 Å². The summed E-state index contributed by atoms with van der Waals surface area (Å²) in [5, 5.41) is 12.7. The predicted molar refractivity (Wildman–Crippen MR) is 66.9 cm³/mol. The van der Waals surface area contributed by atoms with E-state index in [1.807, 2.05) is 24.3 Å². The van der Waals surface area contributed by atoms with Crippen LogP contribution in [0, 0.1) is 0 Å². The smallest absolute Gasteiger partial charge is 0.308 e. The SMILES string of the molecule is CCc1ccccc1NCC(O)CC(=O)OC. The molecule has 0 heterocycles. The molecule has 0 aliphatic rings. The molecule has 0 amide bonds. The molecule has 0 aromatic heterocycles. The van der Waals surface area contributed by atoms with Gasteiger partial charge in [-0.2, -0.15) is 0 Å². The molecule has 0 saturated carbocycles. The van der Waals surface area contributed by atoms with Gasteiger partial charge in [-0.25, -0.2) is 0 Å². The van der Waals surface area contributed by atoms with E-state index in [0.29, 0.717) is 6.54 Å². The number of benzene rings is 1. The van der Waals surface area contributed by atoms with Gasteiger partial charge >= 0.3 is 5.97 Å². The molecule has 1 unspecified atom stereocenters. The monoisotopic (exact) mass is 237 g/mol. The number of aliphatic hydroxyl groups is 1. The Morgan fingerprint density at radius 2 is 2.18 bits per heavy atom. The van der Waals surface area contributed by atoms with Crippen molar-refractivity contribution in [2.45, 2.75) is 25.9 Å². The largest absolute Gasteiger partial charge is 0.469 e. The minimum absolute atomic E-state index is 0.0117. The van der Waals surface area contributed by atoms with Crippen LogP contribution < -0.4 is 5.32 Å². The lowest BCUT2D eigenvalue weighted by Gasteiger charge is -2.14. The number of anilines is 1. The minimum Gasteiger partial charge on any atom is -0.469 e. The molecule has 0 bridgehead atoms. The molecule has 4 nitrogen and oxygen atoms in total. The van der Waals surface area contributed by atoms with Crippen LogP contribution in [0.3, 0.4) is 0 Å². The van der Waals surface area contributed by atoms with Crippen molar-refractivity contribution in [3.8, 4) is 0 Å². The zero-order valence-corrected chi connectivity index (χ0v) is 10.3. The van der Waals surface area contributed by atoms with E-state index in [1.165, 1.54) is 12.7 Å². The lowest BCUT2D eigenvalue weighted by atomic mass is 10.1. The van der Waals surface area contributed by atoms with Gasteiger partial charge in [0.15, 0.2) is 0 Å². The maximum atomic E-state index is 10.9. The Morgan fingerprint density at radius 1 is 1.47 bits per heavy atom. The molecule has 0 saturated heterocycles. The normalized spacial score (nSPS) is 11.9. The molecule has 0 spiro atoms. The minimum atomic E-state index is -0.729. The van der Waals surface area contributed by atoms with Crippen molar-refractivity contribution in [2.75, 3.05) is 19.0 Å². The highest BCUT2D eigenvalue weighted by Crippen LogP contribution is 2.15. The number of para-hydroxylation sites is 1. The zero-order chi connectivity index (χ0) is 12.7. The Labute approximate surface area is 102 Å². The Morgan fingerprint density at radius 3 is 2.82 bits per heavy atom. The molecule has 17 heavy (non-hydrogen) atoms. The molecule has 1 atom stereocenters. The van der Waals surface area contributed by atoms with Gasteiger partial charge in [-0.15, -0.1) is 0 Å². The quantitative estimate of drug-likeness (QED) is 0.738. The first-order chi connectivity index (χ1) is 8.17. The summed E-state index contributed by atoms with van der Waals surface area (Å²) >= 11 is 0. The van der Waals surface area contributed by atoms with Crippen LogP contribution in [-0.2, 0) is 16.0 Å². The summed E-state index contributed by atoms with van der Waals surface area (Å²) in [5.41, 5.74) is 2.19. The number of methoxy groups -OCH3 is 1. The highest BCUT2D eigenvalue weighted by atomic mass is 16.5. The van der Waals surface area contributed by atoms with Crippen molar-refractivity contribution in [1.29, 1.82) is 0 Å². The topological polar surface area (TPSA) is 58.6 Å². The zero-order valence-electron chi connectivity index (χ0n) is 10.3. The Bertz CT molecular complexity index is 365. The van der Waals surface area contributed by atoms with Crippen molar-refractivity contribution < 1.29 is 14.6 Å². The molecule has 1 rings (SSSR count). The number of carbonyl (C=O) groups is 1. The summed E-state index contributed by atoms with van der Waals surface area (Å²) in [4.78, 5) is 10.9. The Kier molecular flexibility index (Phi) is 5.49. The second kappa shape index (κ2) is 6.91. The van der Waals surface area contributed by atoms with Gasteiger partial charge in [0.1, 0.15) is 0 Å². The number of ether oxygens (including phenoxy) is 1. The van der Waals surface area contributed by atoms with Crippen LogP contribution in [0.5, 0.6) is 0 Å². The third-order valence-corrected chi connectivity index (χ3v) is 2.56. The van der Waals surface area contributed by atoms with Gasteiger partial charge in [0.2, 0.25) is 0 Å². The summed E-state index contributed by atoms with van der Waals surface area (Å²) in [5.74, 6) is -0.400. The fourth-order valence-corrected chi connectivity index (χ4v) is 1.58. The summed E-state index contributed by atoms with van der Waals surface area (Å²) < 4.78 is 4.49. The van der Waals surface area contributed by atoms with Crippen LogP contribution in [0.25, 0.3) is 0 Å². The van der Waals surface area contributed by atoms with E-state index in [2.05, 4.69) is 17.0 Å². The highest BCUT2D eigenvalue weighted by Gasteiger charge is 2.11. The van der Waals surface area contributed by atoms with Crippen molar-refractivity contribution in [2.24, 2.45) is 0 Å². The summed E-state index contributed by atoms with van der Waals surface area (Å²) in [6.45, 7) is 2.41. The molecular formula is C13H19NO3. The lowest BCUT2D eigenvalue weighted by Crippen LogP contribution is -2.23. The number of rotatable bonds is 6. The first-order valence-corrected chi connectivity index (χ1v) is 5.74. The number of aliphatic hydroxyl groups excluding tert-OH is 1. The third kappa shape index (κ3) is 4.44. The molecule has 4 heteroatoms. The first kappa shape index (κ1) is 13.5. The lowest BCUT2D eigenvalue weighted by molar-refractivity contribution is -0.142. The molecule has 1 aromatic rings. The van der Waals surface area contributed by atoms with Gasteiger partial charge in [0.25, 0.3) is 0 Å². The summed E-state index contributed by atoms with van der Waals surface area (Å²) in [6, 6.07) is 7.92. The van der Waals surface area contributed by atoms with Crippen LogP contribution in [0.15, 0.2) is 24.3 Å². The standard InChI is InChI=1S/C13H19NO3/c1-3-10-6-4-5-7-12(10)14-9-11(15)8-13(16)17-2/h4-7,11,14-15H,3,8-9H2,1-2H3. The highest BCUT2D eigenvalue weighted by molar-refractivity contribution is 5.69. The second-order valence-corrected chi connectivity index (χ2v) is 3.83. The van der Waals surface area contributed by atoms with E-state index in [9.17, 15) is 9.90 Å². The molecule has 94 valence electrons. The molecule has 0 aliphatic heterocycles. The summed E-state index contributed by atoms with van der Waals surface area (Å²) in [7, 11) is 1.31. The van der Waals surface area contributed by atoms with Crippen molar-refractivity contribution in [1.82, 2.24) is 0 Å². The van der Waals surface area contributed by atoms with E-state index < -0.39 is 12.1 Å². The number of hydrogen-bond acceptors (Lipinski definition) is 4. The maximum Gasteiger partial charge on any atom is 0.308 e. The third-order valence-electron chi connectivity index (χ3n) is 2.56. The number of esters is 1. The average molecular weight is 237 g/mol. The van der Waals surface area contributed by atoms with Crippen molar-refractivity contribution in [3.05, 3.63) is 29.8 Å². The number of aryl methyl sites for hydroxylation is 1. The Hall–Kier alpha value is -1.55. The van der Waals surface area contributed by atoms with Crippen LogP contribution in [0.2, 0.25) is 0 Å². The molecule has 1 aromatic carbocycles. The Balaban J connectivity index is 2.47. The van der Waals surface area contributed by atoms with Gasteiger partial charge in [0.05, 0.1) is 19.6 Å². The first-order valence-electron chi connectivity index (χ1n) is 5.74. The number of carbonyl (C=O) groups excluding carboxylic acids is 1. The second-order valence-electron chi connectivity index (χ2n) is 3.83.